The first-order chi connectivity index (χ1) is 7.72. The molecule has 84 valence electrons. The fourth-order valence-corrected chi connectivity index (χ4v) is 3.32. The van der Waals surface area contributed by atoms with Gasteiger partial charge in [0.1, 0.15) is 4.38 Å². The van der Waals surface area contributed by atoms with E-state index in [0.29, 0.717) is 5.02 Å². The highest BCUT2D eigenvalue weighted by atomic mass is 35.5. The van der Waals surface area contributed by atoms with Crippen molar-refractivity contribution in [1.82, 2.24) is 4.98 Å². The van der Waals surface area contributed by atoms with Crippen molar-refractivity contribution < 1.29 is 0 Å². The minimum absolute atomic E-state index is 0.711. The Morgan fingerprint density at radius 2 is 2.12 bits per heavy atom. The largest absolute Gasteiger partial charge is 0.218 e. The monoisotopic (exact) mass is 288 g/mol. The summed E-state index contributed by atoms with van der Waals surface area (Å²) in [6, 6.07) is 5.72. The van der Waals surface area contributed by atoms with E-state index in [1.165, 1.54) is 0 Å². The Morgan fingerprint density at radius 3 is 2.81 bits per heavy atom. The van der Waals surface area contributed by atoms with Gasteiger partial charge in [-0.05, 0) is 30.7 Å². The molecule has 1 heterocycles. The van der Waals surface area contributed by atoms with Crippen molar-refractivity contribution in [3.05, 3.63) is 23.2 Å². The standard InChI is InChI=1S/C10H9ClN2S3/c1-14-10(15-2)13-9-12-7-5-6(11)3-4-8(7)16-9/h3-5H,1-2H3. The van der Waals surface area contributed by atoms with Crippen molar-refractivity contribution in [2.45, 2.75) is 0 Å². The van der Waals surface area contributed by atoms with Crippen molar-refractivity contribution >= 4 is 66.2 Å². The highest BCUT2D eigenvalue weighted by molar-refractivity contribution is 8.38. The molecule has 0 N–H and O–H groups in total. The Kier molecular flexibility index (Phi) is 4.13. The number of aromatic nitrogens is 1. The number of thioether (sulfide) groups is 2. The third-order valence-corrected chi connectivity index (χ3v) is 4.92. The number of fused-ring (bicyclic) bond motifs is 1. The molecule has 2 aromatic rings. The van der Waals surface area contributed by atoms with E-state index in [9.17, 15) is 0 Å². The Labute approximate surface area is 112 Å². The van der Waals surface area contributed by atoms with Crippen LogP contribution < -0.4 is 0 Å². The van der Waals surface area contributed by atoms with Crippen molar-refractivity contribution in [3.63, 3.8) is 0 Å². The number of thiazole rings is 1. The normalized spacial score (nSPS) is 10.7. The molecular weight excluding hydrogens is 280 g/mol. The van der Waals surface area contributed by atoms with Gasteiger partial charge in [0.25, 0.3) is 0 Å². The molecule has 0 unspecified atom stereocenters. The molecule has 1 aromatic heterocycles. The zero-order chi connectivity index (χ0) is 11.5. The third-order valence-electron chi connectivity index (χ3n) is 1.87. The summed E-state index contributed by atoms with van der Waals surface area (Å²) < 4.78 is 2.13. The van der Waals surface area contributed by atoms with E-state index in [4.69, 9.17) is 11.6 Å². The molecule has 2 rings (SSSR count). The second-order valence-corrected chi connectivity index (χ2v) is 6.19. The molecule has 2 nitrogen and oxygen atoms in total. The number of aliphatic imine (C=N–C) groups is 1. The Balaban J connectivity index is 2.43. The highest BCUT2D eigenvalue weighted by Crippen LogP contribution is 2.31. The van der Waals surface area contributed by atoms with Gasteiger partial charge < -0.3 is 0 Å². The number of nitrogens with zero attached hydrogens (tertiary/aromatic N) is 2. The molecule has 0 bridgehead atoms. The van der Waals surface area contributed by atoms with E-state index in [-0.39, 0.29) is 0 Å². The predicted octanol–water partition coefficient (Wildman–Crippen LogP) is 4.66. The highest BCUT2D eigenvalue weighted by Gasteiger charge is 2.04. The zero-order valence-electron chi connectivity index (χ0n) is 8.73. The van der Waals surface area contributed by atoms with Gasteiger partial charge in [0.05, 0.1) is 10.2 Å². The number of rotatable bonds is 1. The van der Waals surface area contributed by atoms with E-state index >= 15 is 0 Å². The summed E-state index contributed by atoms with van der Waals surface area (Å²) in [5.41, 5.74) is 0.915. The number of halogens is 1. The first-order valence-corrected chi connectivity index (χ1v) is 8.10. The van der Waals surface area contributed by atoms with Crippen molar-refractivity contribution in [1.29, 1.82) is 0 Å². The van der Waals surface area contributed by atoms with Gasteiger partial charge in [-0.25, -0.2) is 9.98 Å². The average Bonchev–Trinajstić information content (AvgIpc) is 2.67. The van der Waals surface area contributed by atoms with Gasteiger partial charge in [0.2, 0.25) is 5.13 Å². The van der Waals surface area contributed by atoms with Crippen LogP contribution in [0.25, 0.3) is 10.2 Å². The van der Waals surface area contributed by atoms with Gasteiger partial charge >= 0.3 is 0 Å². The maximum atomic E-state index is 5.91. The fraction of sp³-hybridized carbons (Fsp3) is 0.200. The minimum atomic E-state index is 0.711. The molecule has 0 spiro atoms. The summed E-state index contributed by atoms with van der Waals surface area (Å²) in [6.45, 7) is 0. The van der Waals surface area contributed by atoms with Crippen molar-refractivity contribution in [2.24, 2.45) is 4.99 Å². The topological polar surface area (TPSA) is 25.2 Å². The molecule has 0 saturated heterocycles. The lowest BCUT2D eigenvalue weighted by atomic mass is 10.3. The first-order valence-electron chi connectivity index (χ1n) is 4.45. The molecule has 0 fully saturated rings. The molecule has 0 aliphatic carbocycles. The van der Waals surface area contributed by atoms with Crippen molar-refractivity contribution in [2.75, 3.05) is 12.5 Å². The van der Waals surface area contributed by atoms with Crippen LogP contribution in [0.15, 0.2) is 23.2 Å². The van der Waals surface area contributed by atoms with Crippen LogP contribution in [0.3, 0.4) is 0 Å². The smallest absolute Gasteiger partial charge is 0.211 e. The summed E-state index contributed by atoms with van der Waals surface area (Å²) >= 11 is 10.8. The third kappa shape index (κ3) is 2.71. The Morgan fingerprint density at radius 1 is 1.38 bits per heavy atom. The molecule has 0 saturated carbocycles. The summed E-state index contributed by atoms with van der Waals surface area (Å²) in [6.07, 6.45) is 4.03. The molecule has 0 radical (unpaired) electrons. The van der Waals surface area contributed by atoms with E-state index in [0.717, 1.165) is 19.7 Å². The lowest BCUT2D eigenvalue weighted by Crippen LogP contribution is -1.79. The van der Waals surface area contributed by atoms with E-state index in [1.807, 2.05) is 30.7 Å². The Hall–Kier alpha value is -0.230. The number of benzene rings is 1. The maximum Gasteiger partial charge on any atom is 0.211 e. The first kappa shape index (κ1) is 12.2. The summed E-state index contributed by atoms with van der Waals surface area (Å²) in [5, 5.41) is 1.50. The van der Waals surface area contributed by atoms with Gasteiger partial charge in [0.15, 0.2) is 0 Å². The Bertz CT molecular complexity index is 530. The SMILES string of the molecule is CSC(=Nc1nc2cc(Cl)ccc2s1)SC. The summed E-state index contributed by atoms with van der Waals surface area (Å²) in [5.74, 6) is 0. The van der Waals surface area contributed by atoms with Crippen LogP contribution in [0.1, 0.15) is 0 Å². The predicted molar refractivity (Wildman–Crippen MR) is 78.8 cm³/mol. The molecule has 0 aliphatic rings. The zero-order valence-corrected chi connectivity index (χ0v) is 11.9. The van der Waals surface area contributed by atoms with Gasteiger partial charge in [-0.15, -0.1) is 23.5 Å². The molecule has 1 aromatic carbocycles. The molecule has 16 heavy (non-hydrogen) atoms. The van der Waals surface area contributed by atoms with Gasteiger partial charge in [-0.2, -0.15) is 0 Å². The molecule has 0 atom stereocenters. The fourth-order valence-electron chi connectivity index (χ4n) is 1.19. The average molecular weight is 289 g/mol. The van der Waals surface area contributed by atoms with E-state index in [1.54, 1.807) is 34.9 Å². The number of hydrogen-bond donors (Lipinski definition) is 0. The molecule has 6 heteroatoms. The van der Waals surface area contributed by atoms with Crippen LogP contribution in [0.4, 0.5) is 5.13 Å². The van der Waals surface area contributed by atoms with Gasteiger partial charge in [-0.1, -0.05) is 22.9 Å². The second kappa shape index (κ2) is 5.40. The van der Waals surface area contributed by atoms with Crippen LogP contribution in [0.2, 0.25) is 5.02 Å². The summed E-state index contributed by atoms with van der Waals surface area (Å²) in [7, 11) is 0. The van der Waals surface area contributed by atoms with Crippen molar-refractivity contribution in [3.8, 4) is 0 Å². The maximum absolute atomic E-state index is 5.91. The molecule has 0 amide bonds. The quantitative estimate of drug-likeness (QED) is 0.563. The van der Waals surface area contributed by atoms with Gasteiger partial charge in [-0.3, -0.25) is 0 Å². The summed E-state index contributed by atoms with van der Waals surface area (Å²) in [4.78, 5) is 8.90. The van der Waals surface area contributed by atoms with Crippen LogP contribution in [-0.4, -0.2) is 21.9 Å². The van der Waals surface area contributed by atoms with E-state index in [2.05, 4.69) is 9.98 Å². The lowest BCUT2D eigenvalue weighted by molar-refractivity contribution is 1.42. The van der Waals surface area contributed by atoms with E-state index < -0.39 is 0 Å². The minimum Gasteiger partial charge on any atom is -0.218 e. The van der Waals surface area contributed by atoms with Crippen LogP contribution in [-0.2, 0) is 0 Å². The van der Waals surface area contributed by atoms with Crippen LogP contribution in [0.5, 0.6) is 0 Å². The lowest BCUT2D eigenvalue weighted by Gasteiger charge is -1.93. The molecule has 0 aliphatic heterocycles. The second-order valence-electron chi connectivity index (χ2n) is 2.89. The van der Waals surface area contributed by atoms with Crippen LogP contribution in [0, 0.1) is 0 Å². The molecular formula is C10H9ClN2S3. The van der Waals surface area contributed by atoms with Gasteiger partial charge in [0, 0.05) is 5.02 Å². The number of hydrogen-bond acceptors (Lipinski definition) is 5. The van der Waals surface area contributed by atoms with Crippen LogP contribution >= 0.6 is 46.5 Å².